The lowest BCUT2D eigenvalue weighted by Crippen LogP contribution is -2.31. The number of benzene rings is 1. The van der Waals surface area contributed by atoms with Crippen LogP contribution in [0.15, 0.2) is 22.7 Å². The maximum absolute atomic E-state index is 13.8. The van der Waals surface area contributed by atoms with Crippen molar-refractivity contribution in [2.75, 3.05) is 39.5 Å². The molecule has 1 saturated heterocycles. The van der Waals surface area contributed by atoms with Crippen LogP contribution in [0.5, 0.6) is 0 Å². The number of nitrogens with zero attached hydrogens (tertiary/aromatic N) is 1. The van der Waals surface area contributed by atoms with E-state index < -0.39 is 0 Å². The fourth-order valence-corrected chi connectivity index (χ4v) is 2.91. The summed E-state index contributed by atoms with van der Waals surface area (Å²) in [7, 11) is 0. The Balaban J connectivity index is 1.77. The van der Waals surface area contributed by atoms with Gasteiger partial charge in [0, 0.05) is 36.3 Å². The third-order valence-corrected chi connectivity index (χ3v) is 4.19. The fraction of sp³-hybridized carbons (Fsp3) is 0.625. The molecule has 2 rings (SSSR count). The highest BCUT2D eigenvalue weighted by atomic mass is 79.9. The number of ether oxygens (including phenoxy) is 2. The van der Waals surface area contributed by atoms with Gasteiger partial charge in [-0.15, -0.1) is 0 Å². The Hall–Kier alpha value is -0.530. The molecule has 0 aliphatic carbocycles. The average Bonchev–Trinajstić information content (AvgIpc) is 3.01. The monoisotopic (exact) mass is 375 g/mol. The lowest BCUT2D eigenvalue weighted by atomic mass is 10.2. The summed E-state index contributed by atoms with van der Waals surface area (Å²) < 4.78 is 25.8. The van der Waals surface area contributed by atoms with E-state index in [-0.39, 0.29) is 18.5 Å². The van der Waals surface area contributed by atoms with Crippen LogP contribution in [0.1, 0.15) is 18.4 Å². The number of hydrogen-bond donors (Lipinski definition) is 1. The van der Waals surface area contributed by atoms with E-state index in [9.17, 15) is 4.39 Å². The Morgan fingerprint density at radius 2 is 2.27 bits per heavy atom. The lowest BCUT2D eigenvalue weighted by molar-refractivity contribution is 0.00866. The van der Waals surface area contributed by atoms with Crippen LogP contribution in [0.4, 0.5) is 4.39 Å². The predicted octanol–water partition coefficient (Wildman–Crippen LogP) is 2.58. The van der Waals surface area contributed by atoms with Crippen molar-refractivity contribution in [3.63, 3.8) is 0 Å². The highest BCUT2D eigenvalue weighted by molar-refractivity contribution is 9.10. The Morgan fingerprint density at radius 3 is 3.00 bits per heavy atom. The van der Waals surface area contributed by atoms with Crippen LogP contribution in [0.2, 0.25) is 0 Å². The van der Waals surface area contributed by atoms with Crippen LogP contribution in [-0.2, 0) is 16.0 Å². The summed E-state index contributed by atoms with van der Waals surface area (Å²) in [6.45, 7) is 3.63. The molecule has 1 aliphatic rings. The second-order valence-corrected chi connectivity index (χ2v) is 6.36. The van der Waals surface area contributed by atoms with Gasteiger partial charge in [-0.3, -0.25) is 4.90 Å². The first kappa shape index (κ1) is 17.8. The van der Waals surface area contributed by atoms with Crippen molar-refractivity contribution in [1.82, 2.24) is 4.90 Å². The van der Waals surface area contributed by atoms with Crippen LogP contribution >= 0.6 is 15.9 Å². The molecule has 124 valence electrons. The highest BCUT2D eigenvalue weighted by Gasteiger charge is 2.15. The number of aliphatic hydroxyl groups is 1. The summed E-state index contributed by atoms with van der Waals surface area (Å²) in [5.74, 6) is -0.230. The zero-order valence-corrected chi connectivity index (χ0v) is 14.2. The van der Waals surface area contributed by atoms with E-state index in [0.29, 0.717) is 38.4 Å². The molecule has 0 radical (unpaired) electrons. The first-order valence-electron chi connectivity index (χ1n) is 7.65. The normalized spacial score (nSPS) is 18.3. The number of hydrogen-bond acceptors (Lipinski definition) is 4. The van der Waals surface area contributed by atoms with Gasteiger partial charge in [-0.25, -0.2) is 4.39 Å². The van der Waals surface area contributed by atoms with Gasteiger partial charge in [0.15, 0.2) is 0 Å². The average molecular weight is 376 g/mol. The van der Waals surface area contributed by atoms with E-state index in [4.69, 9.17) is 14.6 Å². The van der Waals surface area contributed by atoms with Gasteiger partial charge in [0.25, 0.3) is 0 Å². The van der Waals surface area contributed by atoms with Crippen molar-refractivity contribution >= 4 is 15.9 Å². The van der Waals surface area contributed by atoms with Gasteiger partial charge in [0.05, 0.1) is 25.9 Å². The summed E-state index contributed by atoms with van der Waals surface area (Å²) in [5.41, 5.74) is 0.613. The van der Waals surface area contributed by atoms with Crippen molar-refractivity contribution in [3.8, 4) is 0 Å². The van der Waals surface area contributed by atoms with E-state index in [0.717, 1.165) is 23.9 Å². The molecule has 4 nitrogen and oxygen atoms in total. The van der Waals surface area contributed by atoms with Crippen LogP contribution in [0.25, 0.3) is 0 Å². The minimum atomic E-state index is -0.230. The smallest absolute Gasteiger partial charge is 0.127 e. The molecule has 0 aromatic heterocycles. The second-order valence-electron chi connectivity index (χ2n) is 5.45. The van der Waals surface area contributed by atoms with E-state index in [1.807, 2.05) is 4.90 Å². The molecule has 1 aromatic rings. The molecule has 0 amide bonds. The Labute approximate surface area is 139 Å². The Kier molecular flexibility index (Phi) is 7.75. The maximum atomic E-state index is 13.8. The minimum absolute atomic E-state index is 0.0430. The minimum Gasteiger partial charge on any atom is -0.395 e. The molecule has 1 N–H and O–H groups in total. The molecule has 0 saturated carbocycles. The van der Waals surface area contributed by atoms with Gasteiger partial charge < -0.3 is 14.6 Å². The van der Waals surface area contributed by atoms with Crippen molar-refractivity contribution in [2.24, 2.45) is 0 Å². The highest BCUT2D eigenvalue weighted by Crippen LogP contribution is 2.17. The standard InChI is InChI=1S/C16H23BrFNO3/c17-14-3-4-16(18)13(10-14)11-19(5-7-20)6-9-21-12-15-2-1-8-22-15/h3-4,10,15,20H,1-2,5-9,11-12H2. The Bertz CT molecular complexity index is 455. The summed E-state index contributed by atoms with van der Waals surface area (Å²) in [6, 6.07) is 4.90. The third-order valence-electron chi connectivity index (χ3n) is 3.70. The summed E-state index contributed by atoms with van der Waals surface area (Å²) in [6.07, 6.45) is 2.38. The molecule has 1 unspecified atom stereocenters. The zero-order valence-electron chi connectivity index (χ0n) is 12.6. The molecule has 0 spiro atoms. The molecule has 1 aliphatic heterocycles. The van der Waals surface area contributed by atoms with E-state index >= 15 is 0 Å². The maximum Gasteiger partial charge on any atom is 0.127 e. The van der Waals surface area contributed by atoms with Crippen molar-refractivity contribution in [1.29, 1.82) is 0 Å². The molecule has 1 atom stereocenters. The fourth-order valence-electron chi connectivity index (χ4n) is 2.50. The zero-order chi connectivity index (χ0) is 15.8. The molecular formula is C16H23BrFNO3. The van der Waals surface area contributed by atoms with E-state index in [2.05, 4.69) is 15.9 Å². The van der Waals surface area contributed by atoms with Gasteiger partial charge in [-0.1, -0.05) is 15.9 Å². The van der Waals surface area contributed by atoms with Crippen LogP contribution < -0.4 is 0 Å². The summed E-state index contributed by atoms with van der Waals surface area (Å²) >= 11 is 3.35. The SMILES string of the molecule is OCCN(CCOCC1CCCO1)Cc1cc(Br)ccc1F. The van der Waals surface area contributed by atoms with Gasteiger partial charge in [0.2, 0.25) is 0 Å². The summed E-state index contributed by atoms with van der Waals surface area (Å²) in [5, 5.41) is 9.16. The first-order valence-corrected chi connectivity index (χ1v) is 8.45. The molecule has 6 heteroatoms. The van der Waals surface area contributed by atoms with Crippen molar-refractivity contribution in [2.45, 2.75) is 25.5 Å². The van der Waals surface area contributed by atoms with Gasteiger partial charge >= 0.3 is 0 Å². The second kappa shape index (κ2) is 9.57. The molecule has 22 heavy (non-hydrogen) atoms. The van der Waals surface area contributed by atoms with Gasteiger partial charge in [-0.05, 0) is 31.0 Å². The Morgan fingerprint density at radius 1 is 1.41 bits per heavy atom. The van der Waals surface area contributed by atoms with Crippen molar-refractivity contribution in [3.05, 3.63) is 34.1 Å². The molecular weight excluding hydrogens is 353 g/mol. The van der Waals surface area contributed by atoms with Crippen LogP contribution in [0.3, 0.4) is 0 Å². The molecule has 1 aromatic carbocycles. The number of halogens is 2. The summed E-state index contributed by atoms with van der Waals surface area (Å²) in [4.78, 5) is 1.99. The number of rotatable bonds is 9. The predicted molar refractivity (Wildman–Crippen MR) is 86.3 cm³/mol. The van der Waals surface area contributed by atoms with E-state index in [1.54, 1.807) is 12.1 Å². The van der Waals surface area contributed by atoms with Crippen molar-refractivity contribution < 1.29 is 19.0 Å². The topological polar surface area (TPSA) is 41.9 Å². The van der Waals surface area contributed by atoms with Crippen LogP contribution in [0, 0.1) is 5.82 Å². The van der Waals surface area contributed by atoms with E-state index in [1.165, 1.54) is 6.07 Å². The molecule has 0 bridgehead atoms. The third kappa shape index (κ3) is 5.93. The van der Waals surface area contributed by atoms with Gasteiger partial charge in [-0.2, -0.15) is 0 Å². The molecule has 1 fully saturated rings. The van der Waals surface area contributed by atoms with Crippen LogP contribution in [-0.4, -0.2) is 55.6 Å². The first-order chi connectivity index (χ1) is 10.7. The largest absolute Gasteiger partial charge is 0.395 e. The lowest BCUT2D eigenvalue weighted by Gasteiger charge is -2.22. The number of aliphatic hydroxyl groups excluding tert-OH is 1. The van der Waals surface area contributed by atoms with Gasteiger partial charge in [0.1, 0.15) is 5.82 Å². The molecule has 1 heterocycles. The quantitative estimate of drug-likeness (QED) is 0.673.